The van der Waals surface area contributed by atoms with Crippen molar-refractivity contribution in [3.63, 3.8) is 0 Å². The molecular weight excluding hydrogens is 560 g/mol. The summed E-state index contributed by atoms with van der Waals surface area (Å²) in [4.78, 5) is 45.7. The Morgan fingerprint density at radius 1 is 1.19 bits per heavy atom. The van der Waals surface area contributed by atoms with Gasteiger partial charge in [0.2, 0.25) is 0 Å². The molecule has 2 aromatic carbocycles. The summed E-state index contributed by atoms with van der Waals surface area (Å²) in [6, 6.07) is 10.8. The number of carbonyl (C=O) groups excluding carboxylic acids is 3. The number of hydrogen-bond donors (Lipinski definition) is 1. The number of aliphatic hydroxyl groups excluding tert-OH is 1. The van der Waals surface area contributed by atoms with Gasteiger partial charge >= 0.3 is 11.9 Å². The number of aromatic nitrogens is 1. The Bertz CT molecular complexity index is 1580. The maximum Gasteiger partial charge on any atom is 0.350 e. The molecule has 3 aromatic rings. The lowest BCUT2D eigenvalue weighted by Crippen LogP contribution is -2.29. The van der Waals surface area contributed by atoms with Gasteiger partial charge in [0.1, 0.15) is 36.2 Å². The summed E-state index contributed by atoms with van der Waals surface area (Å²) in [6.07, 6.45) is 3.26. The Labute approximate surface area is 246 Å². The fourth-order valence-electron chi connectivity index (χ4n) is 4.67. The van der Waals surface area contributed by atoms with Gasteiger partial charge in [0.15, 0.2) is 16.6 Å². The third-order valence-corrected chi connectivity index (χ3v) is 7.85. The molecule has 2 aliphatic rings. The highest BCUT2D eigenvalue weighted by molar-refractivity contribution is 7.17. The average molecular weight is 591 g/mol. The van der Waals surface area contributed by atoms with Crippen LogP contribution in [-0.2, 0) is 14.3 Å². The van der Waals surface area contributed by atoms with Crippen LogP contribution in [0.5, 0.6) is 17.2 Å². The molecule has 1 amide bonds. The molecule has 1 fully saturated rings. The number of amides is 1. The summed E-state index contributed by atoms with van der Waals surface area (Å²) in [6.45, 7) is 8.48. The molecular formula is C31H30N2O8S. The number of anilines is 1. The Hall–Kier alpha value is -4.64. The number of fused-ring (bicyclic) bond motifs is 1. The van der Waals surface area contributed by atoms with Gasteiger partial charge in [-0.1, -0.05) is 49.5 Å². The van der Waals surface area contributed by atoms with E-state index in [1.54, 1.807) is 49.4 Å². The van der Waals surface area contributed by atoms with Crippen molar-refractivity contribution in [1.82, 2.24) is 4.98 Å². The van der Waals surface area contributed by atoms with Crippen molar-refractivity contribution < 1.29 is 38.4 Å². The number of aliphatic hydroxyl groups is 1. The molecule has 11 heteroatoms. The van der Waals surface area contributed by atoms with E-state index >= 15 is 0 Å². The third-order valence-electron chi connectivity index (χ3n) is 6.71. The SMILES string of the molecule is C=CCOC(=O)c1sc(N2C(=O)C(=O)/C(=C(/O)c3ccc4c(c3)OCCO4)[C@@H]2c2cccc(OCCCC)c2)nc1C. The van der Waals surface area contributed by atoms with Crippen LogP contribution >= 0.6 is 11.3 Å². The second kappa shape index (κ2) is 12.5. The van der Waals surface area contributed by atoms with E-state index in [2.05, 4.69) is 18.5 Å². The topological polar surface area (TPSA) is 124 Å². The molecule has 2 aliphatic heterocycles. The summed E-state index contributed by atoms with van der Waals surface area (Å²) in [7, 11) is 0. The zero-order chi connectivity index (χ0) is 29.8. The Kier molecular flexibility index (Phi) is 8.58. The molecule has 0 spiro atoms. The highest BCUT2D eigenvalue weighted by Crippen LogP contribution is 2.45. The van der Waals surface area contributed by atoms with Crippen molar-refractivity contribution in [1.29, 1.82) is 0 Å². The molecule has 0 aliphatic carbocycles. The van der Waals surface area contributed by atoms with Gasteiger partial charge in [-0.3, -0.25) is 14.5 Å². The van der Waals surface area contributed by atoms with E-state index in [0.717, 1.165) is 24.2 Å². The van der Waals surface area contributed by atoms with Crippen LogP contribution in [0.4, 0.5) is 5.13 Å². The molecule has 1 saturated heterocycles. The second-order valence-electron chi connectivity index (χ2n) is 9.60. The number of hydrogen-bond acceptors (Lipinski definition) is 10. The van der Waals surface area contributed by atoms with Crippen LogP contribution in [0.3, 0.4) is 0 Å². The number of ketones is 1. The van der Waals surface area contributed by atoms with Crippen molar-refractivity contribution in [2.45, 2.75) is 32.7 Å². The van der Waals surface area contributed by atoms with Gasteiger partial charge in [0, 0.05) is 5.56 Å². The predicted octanol–water partition coefficient (Wildman–Crippen LogP) is 5.37. The average Bonchev–Trinajstić information content (AvgIpc) is 3.51. The van der Waals surface area contributed by atoms with Crippen LogP contribution in [0.25, 0.3) is 5.76 Å². The van der Waals surface area contributed by atoms with Crippen molar-refractivity contribution in [2.75, 3.05) is 31.3 Å². The molecule has 10 nitrogen and oxygen atoms in total. The minimum absolute atomic E-state index is 0.0103. The van der Waals surface area contributed by atoms with Crippen LogP contribution < -0.4 is 19.1 Å². The van der Waals surface area contributed by atoms with Crippen molar-refractivity contribution in [3.05, 3.63) is 82.4 Å². The first-order chi connectivity index (χ1) is 20.3. The van der Waals surface area contributed by atoms with Crippen LogP contribution in [0.2, 0.25) is 0 Å². The molecule has 1 atom stereocenters. The van der Waals surface area contributed by atoms with Crippen molar-refractivity contribution in [3.8, 4) is 17.2 Å². The minimum atomic E-state index is -1.06. The van der Waals surface area contributed by atoms with Gasteiger partial charge < -0.3 is 24.1 Å². The highest BCUT2D eigenvalue weighted by atomic mass is 32.1. The van der Waals surface area contributed by atoms with Gasteiger partial charge in [-0.2, -0.15) is 0 Å². The molecule has 3 heterocycles. The fraction of sp³-hybridized carbons (Fsp3) is 0.290. The smallest absolute Gasteiger partial charge is 0.350 e. The van der Waals surface area contributed by atoms with E-state index < -0.39 is 23.7 Å². The molecule has 0 unspecified atom stereocenters. The van der Waals surface area contributed by atoms with Crippen LogP contribution in [0.1, 0.15) is 52.3 Å². The van der Waals surface area contributed by atoms with Gasteiger partial charge in [0.05, 0.1) is 23.9 Å². The number of nitrogens with zero attached hydrogens (tertiary/aromatic N) is 2. The number of aryl methyl sites for hydroxylation is 1. The Balaban J connectivity index is 1.63. The lowest BCUT2D eigenvalue weighted by atomic mass is 9.95. The van der Waals surface area contributed by atoms with Crippen molar-refractivity contribution in [2.24, 2.45) is 0 Å². The van der Waals surface area contributed by atoms with Gasteiger partial charge in [-0.25, -0.2) is 9.78 Å². The largest absolute Gasteiger partial charge is 0.507 e. The maximum atomic E-state index is 13.6. The van der Waals surface area contributed by atoms with Crippen LogP contribution in [0.15, 0.2) is 60.7 Å². The molecule has 0 bridgehead atoms. The number of unbranched alkanes of at least 4 members (excludes halogenated alkanes) is 1. The van der Waals surface area contributed by atoms with E-state index in [9.17, 15) is 19.5 Å². The molecule has 1 N–H and O–H groups in total. The monoisotopic (exact) mass is 590 g/mol. The van der Waals surface area contributed by atoms with E-state index in [1.165, 1.54) is 11.0 Å². The minimum Gasteiger partial charge on any atom is -0.507 e. The highest BCUT2D eigenvalue weighted by Gasteiger charge is 2.48. The lowest BCUT2D eigenvalue weighted by Gasteiger charge is -2.24. The van der Waals surface area contributed by atoms with Crippen LogP contribution in [0, 0.1) is 6.92 Å². The molecule has 1 aromatic heterocycles. The van der Waals surface area contributed by atoms with Crippen molar-refractivity contribution >= 4 is 39.9 Å². The molecule has 0 radical (unpaired) electrons. The first-order valence-corrected chi connectivity index (χ1v) is 14.3. The molecule has 5 rings (SSSR count). The molecule has 0 saturated carbocycles. The number of benzene rings is 2. The fourth-order valence-corrected chi connectivity index (χ4v) is 5.66. The number of carbonyl (C=O) groups is 3. The zero-order valence-electron chi connectivity index (χ0n) is 23.3. The van der Waals surface area contributed by atoms with Gasteiger partial charge in [0.25, 0.3) is 5.78 Å². The molecule has 218 valence electrons. The molecule has 42 heavy (non-hydrogen) atoms. The summed E-state index contributed by atoms with van der Waals surface area (Å²) < 4.78 is 22.3. The standard InChI is InChI=1S/C31H30N2O8S/c1-4-6-13-38-21-9-7-8-19(16-21)25-24(26(34)20-10-11-22-23(17-20)40-15-14-39-22)27(35)29(36)33(25)31-32-18(3)28(42-31)30(37)41-12-5-2/h5,7-11,16-17,25,34H,2,4,6,12-15H2,1,3H3/b26-24+/t25-/m0/s1. The normalized spacial score (nSPS) is 17.3. The summed E-state index contributed by atoms with van der Waals surface area (Å²) >= 11 is 0.930. The predicted molar refractivity (Wildman–Crippen MR) is 156 cm³/mol. The van der Waals surface area contributed by atoms with Gasteiger partial charge in [-0.15, -0.1) is 0 Å². The van der Waals surface area contributed by atoms with E-state index in [-0.39, 0.29) is 33.5 Å². The second-order valence-corrected chi connectivity index (χ2v) is 10.6. The van der Waals surface area contributed by atoms with Crippen LogP contribution in [-0.4, -0.2) is 54.2 Å². The Morgan fingerprint density at radius 3 is 2.74 bits per heavy atom. The summed E-state index contributed by atoms with van der Waals surface area (Å²) in [5.41, 5.74) is 1.01. The summed E-state index contributed by atoms with van der Waals surface area (Å²) in [5.74, 6) is -1.30. The Morgan fingerprint density at radius 2 is 1.98 bits per heavy atom. The number of thiazole rings is 1. The number of rotatable bonds is 10. The number of ether oxygens (including phenoxy) is 4. The third kappa shape index (κ3) is 5.60. The van der Waals surface area contributed by atoms with Gasteiger partial charge in [-0.05, 0) is 49.2 Å². The zero-order valence-corrected chi connectivity index (χ0v) is 24.1. The lowest BCUT2D eigenvalue weighted by molar-refractivity contribution is -0.132. The first-order valence-electron chi connectivity index (χ1n) is 13.5. The maximum absolute atomic E-state index is 13.6. The number of Topliss-reactive ketones (excluding diaryl/α,β-unsaturated/α-hetero) is 1. The first kappa shape index (κ1) is 28.9. The number of esters is 1. The summed E-state index contributed by atoms with van der Waals surface area (Å²) in [5, 5.41) is 11.7. The van der Waals surface area contributed by atoms with E-state index in [0.29, 0.717) is 48.3 Å². The van der Waals surface area contributed by atoms with E-state index in [4.69, 9.17) is 18.9 Å². The van der Waals surface area contributed by atoms with E-state index in [1.807, 2.05) is 0 Å². The quantitative estimate of drug-likeness (QED) is 0.0829.